The fraction of sp³-hybridized carbons (Fsp3) is 1.00. The molecular weight excluding hydrogens is 190 g/mol. The summed E-state index contributed by atoms with van der Waals surface area (Å²) in [6, 6.07) is 0. The summed E-state index contributed by atoms with van der Waals surface area (Å²) in [5.41, 5.74) is 5.28. The number of hydrogen-bond donors (Lipinski definition) is 2. The van der Waals surface area contributed by atoms with E-state index in [1.54, 1.807) is 7.11 Å². The second kappa shape index (κ2) is 3.72. The van der Waals surface area contributed by atoms with Crippen molar-refractivity contribution in [2.75, 3.05) is 7.11 Å². The molecule has 2 aliphatic rings. The Morgan fingerprint density at radius 1 is 1.33 bits per heavy atom. The van der Waals surface area contributed by atoms with Crippen LogP contribution in [0, 0.1) is 5.92 Å². The topological polar surface area (TPSA) is 55.5 Å². The van der Waals surface area contributed by atoms with Gasteiger partial charge in [0.15, 0.2) is 0 Å². The van der Waals surface area contributed by atoms with E-state index in [1.807, 2.05) is 0 Å². The fourth-order valence-corrected chi connectivity index (χ4v) is 3.28. The summed E-state index contributed by atoms with van der Waals surface area (Å²) in [6.45, 7) is 2.21. The number of ether oxygens (including phenoxy) is 1. The summed E-state index contributed by atoms with van der Waals surface area (Å²) >= 11 is 0. The van der Waals surface area contributed by atoms with Gasteiger partial charge in [-0.3, -0.25) is 0 Å². The van der Waals surface area contributed by atoms with Gasteiger partial charge in [0.2, 0.25) is 0 Å². The van der Waals surface area contributed by atoms with Crippen molar-refractivity contribution < 1.29 is 9.84 Å². The summed E-state index contributed by atoms with van der Waals surface area (Å²) in [6.07, 6.45) is 5.94. The molecule has 0 amide bonds. The fourth-order valence-electron chi connectivity index (χ4n) is 3.28. The average Bonchev–Trinajstić information content (AvgIpc) is 2.12. The maximum atomic E-state index is 10.7. The van der Waals surface area contributed by atoms with Gasteiger partial charge in [-0.05, 0) is 31.6 Å². The minimum atomic E-state index is -0.639. The van der Waals surface area contributed by atoms with Crippen molar-refractivity contribution in [3.8, 4) is 0 Å². The molecule has 0 saturated heterocycles. The lowest BCUT2D eigenvalue weighted by atomic mass is 9.58. The van der Waals surface area contributed by atoms with E-state index in [2.05, 4.69) is 6.92 Å². The molecule has 3 heteroatoms. The zero-order chi connectivity index (χ0) is 11.1. The molecule has 0 bridgehead atoms. The van der Waals surface area contributed by atoms with Gasteiger partial charge in [0.1, 0.15) is 0 Å². The monoisotopic (exact) mass is 213 g/mol. The molecule has 0 aromatic heterocycles. The molecule has 2 atom stereocenters. The molecule has 2 aliphatic carbocycles. The number of rotatable bonds is 2. The SMILES string of the molecule is COC1CC(N)(C2(O)CCCC(C)C2)C1. The number of nitrogens with two attached hydrogens (primary N) is 1. The Morgan fingerprint density at radius 2 is 2.00 bits per heavy atom. The highest BCUT2D eigenvalue weighted by Gasteiger charge is 2.56. The zero-order valence-electron chi connectivity index (χ0n) is 9.83. The van der Waals surface area contributed by atoms with Crippen molar-refractivity contribution in [3.05, 3.63) is 0 Å². The van der Waals surface area contributed by atoms with E-state index in [9.17, 15) is 5.11 Å². The van der Waals surface area contributed by atoms with Crippen LogP contribution in [0.5, 0.6) is 0 Å². The first-order valence-corrected chi connectivity index (χ1v) is 6.03. The lowest BCUT2D eigenvalue weighted by Crippen LogP contribution is -2.70. The van der Waals surface area contributed by atoms with Crippen LogP contribution in [0.15, 0.2) is 0 Å². The van der Waals surface area contributed by atoms with Gasteiger partial charge in [-0.15, -0.1) is 0 Å². The minimum Gasteiger partial charge on any atom is -0.388 e. The predicted molar refractivity (Wildman–Crippen MR) is 59.5 cm³/mol. The van der Waals surface area contributed by atoms with Crippen LogP contribution >= 0.6 is 0 Å². The summed E-state index contributed by atoms with van der Waals surface area (Å²) in [5, 5.41) is 10.7. The maximum absolute atomic E-state index is 10.7. The molecular formula is C12H23NO2. The average molecular weight is 213 g/mol. The Hall–Kier alpha value is -0.120. The van der Waals surface area contributed by atoms with Crippen LogP contribution in [-0.2, 0) is 4.74 Å². The van der Waals surface area contributed by atoms with E-state index in [0.717, 1.165) is 32.1 Å². The zero-order valence-corrected chi connectivity index (χ0v) is 9.83. The van der Waals surface area contributed by atoms with E-state index in [1.165, 1.54) is 6.42 Å². The largest absolute Gasteiger partial charge is 0.388 e. The van der Waals surface area contributed by atoms with Crippen LogP contribution in [0.3, 0.4) is 0 Å². The van der Waals surface area contributed by atoms with Gasteiger partial charge in [0.05, 0.1) is 11.7 Å². The summed E-state index contributed by atoms with van der Waals surface area (Å²) < 4.78 is 5.25. The third-order valence-electron chi connectivity index (χ3n) is 4.42. The second-order valence-corrected chi connectivity index (χ2v) is 5.66. The maximum Gasteiger partial charge on any atom is 0.0830 e. The third kappa shape index (κ3) is 1.81. The first-order chi connectivity index (χ1) is 6.99. The first kappa shape index (κ1) is 11.4. The van der Waals surface area contributed by atoms with E-state index in [4.69, 9.17) is 10.5 Å². The molecule has 2 rings (SSSR count). The Balaban J connectivity index is 2.02. The van der Waals surface area contributed by atoms with Crippen LogP contribution < -0.4 is 5.73 Å². The molecule has 2 saturated carbocycles. The predicted octanol–water partition coefficient (Wildman–Crippen LogP) is 1.43. The Labute approximate surface area is 92.0 Å². The number of hydrogen-bond acceptors (Lipinski definition) is 3. The van der Waals surface area contributed by atoms with E-state index >= 15 is 0 Å². The third-order valence-corrected chi connectivity index (χ3v) is 4.42. The second-order valence-electron chi connectivity index (χ2n) is 5.66. The van der Waals surface area contributed by atoms with Gasteiger partial charge in [0, 0.05) is 12.6 Å². The van der Waals surface area contributed by atoms with Crippen LogP contribution in [0.25, 0.3) is 0 Å². The van der Waals surface area contributed by atoms with E-state index in [-0.39, 0.29) is 11.6 Å². The molecule has 2 fully saturated rings. The van der Waals surface area contributed by atoms with Crippen molar-refractivity contribution in [2.45, 2.75) is 62.7 Å². The van der Waals surface area contributed by atoms with Crippen LogP contribution in [0.4, 0.5) is 0 Å². The van der Waals surface area contributed by atoms with Gasteiger partial charge >= 0.3 is 0 Å². The van der Waals surface area contributed by atoms with Gasteiger partial charge in [0.25, 0.3) is 0 Å². The van der Waals surface area contributed by atoms with Crippen molar-refractivity contribution >= 4 is 0 Å². The van der Waals surface area contributed by atoms with Gasteiger partial charge < -0.3 is 15.6 Å². The molecule has 0 aliphatic heterocycles. The van der Waals surface area contributed by atoms with Gasteiger partial charge in [-0.2, -0.15) is 0 Å². The lowest BCUT2D eigenvalue weighted by molar-refractivity contribution is -0.148. The normalized spacial score (nSPS) is 51.2. The summed E-state index contributed by atoms with van der Waals surface area (Å²) in [7, 11) is 1.72. The Bertz CT molecular complexity index is 238. The molecule has 0 spiro atoms. The highest BCUT2D eigenvalue weighted by Crippen LogP contribution is 2.48. The number of aliphatic hydroxyl groups is 1. The highest BCUT2D eigenvalue weighted by atomic mass is 16.5. The molecule has 0 aromatic rings. The molecule has 0 heterocycles. The van der Waals surface area contributed by atoms with Crippen molar-refractivity contribution in [1.82, 2.24) is 0 Å². The van der Waals surface area contributed by atoms with E-state index < -0.39 is 5.60 Å². The smallest absolute Gasteiger partial charge is 0.0830 e. The quantitative estimate of drug-likeness (QED) is 0.729. The standard InChI is InChI=1S/C12H23NO2/c1-9-4-3-5-12(14,6-9)11(13)7-10(8-11)15-2/h9-10,14H,3-8,13H2,1-2H3. The number of methoxy groups -OCH3 is 1. The van der Waals surface area contributed by atoms with Crippen LogP contribution in [0.1, 0.15) is 45.4 Å². The molecule has 0 radical (unpaired) electrons. The lowest BCUT2D eigenvalue weighted by Gasteiger charge is -2.56. The molecule has 15 heavy (non-hydrogen) atoms. The molecule has 3 N–H and O–H groups in total. The molecule has 88 valence electrons. The first-order valence-electron chi connectivity index (χ1n) is 6.03. The van der Waals surface area contributed by atoms with Crippen molar-refractivity contribution in [3.63, 3.8) is 0 Å². The molecule has 0 aromatic carbocycles. The van der Waals surface area contributed by atoms with Gasteiger partial charge in [-0.1, -0.05) is 19.8 Å². The van der Waals surface area contributed by atoms with Gasteiger partial charge in [-0.25, -0.2) is 0 Å². The minimum absolute atomic E-state index is 0.260. The van der Waals surface area contributed by atoms with Crippen molar-refractivity contribution in [1.29, 1.82) is 0 Å². The summed E-state index contributed by atoms with van der Waals surface area (Å²) in [5.74, 6) is 0.603. The molecule has 3 nitrogen and oxygen atoms in total. The summed E-state index contributed by atoms with van der Waals surface area (Å²) in [4.78, 5) is 0. The highest BCUT2D eigenvalue weighted by molar-refractivity contribution is 5.13. The van der Waals surface area contributed by atoms with Crippen LogP contribution in [0.2, 0.25) is 0 Å². The molecule has 2 unspecified atom stereocenters. The Kier molecular flexibility index (Phi) is 2.82. The Morgan fingerprint density at radius 3 is 2.53 bits per heavy atom. The van der Waals surface area contributed by atoms with Crippen LogP contribution in [-0.4, -0.2) is 29.5 Å². The van der Waals surface area contributed by atoms with E-state index in [0.29, 0.717) is 5.92 Å². The van der Waals surface area contributed by atoms with Crippen molar-refractivity contribution in [2.24, 2.45) is 11.7 Å².